The molecule has 2 unspecified atom stereocenters. The van der Waals surface area contributed by atoms with Crippen molar-refractivity contribution < 1.29 is 9.53 Å². The van der Waals surface area contributed by atoms with Gasteiger partial charge in [0.25, 0.3) is 0 Å². The van der Waals surface area contributed by atoms with Gasteiger partial charge in [0, 0.05) is 0 Å². The monoisotopic (exact) mass is 235 g/mol. The van der Waals surface area contributed by atoms with Crippen LogP contribution in [0, 0.1) is 0 Å². The van der Waals surface area contributed by atoms with Gasteiger partial charge in [0.2, 0.25) is 0 Å². The van der Waals surface area contributed by atoms with E-state index in [-0.39, 0.29) is 16.4 Å². The molecule has 0 aromatic carbocycles. The standard InChI is InChI=1S/C9H15O2Se/c1-3-4-5-9(12)6-8(10)11-7(9)2/h7H,3-6H2,1-2H3. The molecule has 1 rings (SSSR count). The molecule has 0 saturated carbocycles. The molecule has 1 aliphatic heterocycles. The summed E-state index contributed by atoms with van der Waals surface area (Å²) in [5, 5.41) is 0. The summed E-state index contributed by atoms with van der Waals surface area (Å²) in [6.07, 6.45) is 3.99. The van der Waals surface area contributed by atoms with E-state index >= 15 is 0 Å². The van der Waals surface area contributed by atoms with Crippen LogP contribution in [0.1, 0.15) is 39.5 Å². The van der Waals surface area contributed by atoms with E-state index in [1.54, 1.807) is 0 Å². The Balaban J connectivity index is 2.52. The Morgan fingerprint density at radius 1 is 1.75 bits per heavy atom. The summed E-state index contributed by atoms with van der Waals surface area (Å²) in [4.78, 5) is 11.0. The molecule has 3 heteroatoms. The molecule has 1 heterocycles. The van der Waals surface area contributed by atoms with Gasteiger partial charge in [0.05, 0.1) is 0 Å². The summed E-state index contributed by atoms with van der Waals surface area (Å²) in [5.74, 6) is -0.0580. The molecule has 0 bridgehead atoms. The van der Waals surface area contributed by atoms with Crippen molar-refractivity contribution in [1.82, 2.24) is 0 Å². The van der Waals surface area contributed by atoms with Gasteiger partial charge in [0.15, 0.2) is 0 Å². The summed E-state index contributed by atoms with van der Waals surface area (Å²) >= 11 is 3.12. The minimum absolute atomic E-state index is 0.0207. The fourth-order valence-corrected chi connectivity index (χ4v) is 2.15. The first-order valence-electron chi connectivity index (χ1n) is 4.48. The Morgan fingerprint density at radius 3 is 2.83 bits per heavy atom. The number of carbonyl (C=O) groups excluding carboxylic acids is 1. The second-order valence-corrected chi connectivity index (χ2v) is 5.18. The predicted molar refractivity (Wildman–Crippen MR) is 48.1 cm³/mol. The van der Waals surface area contributed by atoms with Gasteiger partial charge in [-0.25, -0.2) is 0 Å². The summed E-state index contributed by atoms with van der Waals surface area (Å²) in [6.45, 7) is 4.13. The maximum absolute atomic E-state index is 11.0. The van der Waals surface area contributed by atoms with Gasteiger partial charge in [-0.2, -0.15) is 0 Å². The second-order valence-electron chi connectivity index (χ2n) is 3.48. The van der Waals surface area contributed by atoms with Crippen LogP contribution in [0.15, 0.2) is 0 Å². The number of hydrogen-bond acceptors (Lipinski definition) is 2. The molecule has 0 aromatic heterocycles. The first-order chi connectivity index (χ1) is 5.58. The van der Waals surface area contributed by atoms with Crippen LogP contribution < -0.4 is 0 Å². The van der Waals surface area contributed by atoms with Gasteiger partial charge >= 0.3 is 81.5 Å². The predicted octanol–water partition coefficient (Wildman–Crippen LogP) is 1.84. The van der Waals surface area contributed by atoms with Gasteiger partial charge in [-0.05, 0) is 0 Å². The zero-order valence-electron chi connectivity index (χ0n) is 7.63. The number of rotatable bonds is 3. The Labute approximate surface area is 81.9 Å². The van der Waals surface area contributed by atoms with Crippen molar-refractivity contribution >= 4 is 22.0 Å². The van der Waals surface area contributed by atoms with Crippen LogP contribution in [-0.4, -0.2) is 28.1 Å². The second kappa shape index (κ2) is 3.80. The minimum atomic E-state index is -0.0580. The molecule has 1 saturated heterocycles. The summed E-state index contributed by atoms with van der Waals surface area (Å²) < 4.78 is 5.08. The summed E-state index contributed by atoms with van der Waals surface area (Å²) in [6, 6.07) is 0. The van der Waals surface area contributed by atoms with E-state index < -0.39 is 0 Å². The molecule has 0 aromatic rings. The van der Waals surface area contributed by atoms with Gasteiger partial charge in [-0.15, -0.1) is 0 Å². The van der Waals surface area contributed by atoms with Crippen LogP contribution >= 0.6 is 0 Å². The number of esters is 1. The van der Waals surface area contributed by atoms with Crippen LogP contribution in [0.5, 0.6) is 0 Å². The van der Waals surface area contributed by atoms with Gasteiger partial charge in [-0.1, -0.05) is 0 Å². The Kier molecular flexibility index (Phi) is 3.19. The van der Waals surface area contributed by atoms with E-state index in [0.29, 0.717) is 6.42 Å². The Morgan fingerprint density at radius 2 is 2.42 bits per heavy atom. The van der Waals surface area contributed by atoms with E-state index in [1.807, 2.05) is 6.92 Å². The quantitative estimate of drug-likeness (QED) is 0.550. The van der Waals surface area contributed by atoms with Crippen LogP contribution in [-0.2, 0) is 9.53 Å². The van der Waals surface area contributed by atoms with E-state index in [9.17, 15) is 4.79 Å². The molecule has 1 radical (unpaired) electrons. The van der Waals surface area contributed by atoms with Crippen LogP contribution in [0.4, 0.5) is 0 Å². The van der Waals surface area contributed by atoms with Crippen molar-refractivity contribution in [3.05, 3.63) is 0 Å². The van der Waals surface area contributed by atoms with Gasteiger partial charge in [-0.3, -0.25) is 0 Å². The third-order valence-electron chi connectivity index (χ3n) is 2.45. The van der Waals surface area contributed by atoms with Crippen molar-refractivity contribution in [2.24, 2.45) is 0 Å². The average Bonchev–Trinajstić information content (AvgIpc) is 2.23. The SMILES string of the molecule is CCCCC1([Se])CC(=O)OC1C. The molecule has 0 aliphatic carbocycles. The molecule has 2 nitrogen and oxygen atoms in total. The van der Waals surface area contributed by atoms with E-state index in [1.165, 1.54) is 6.42 Å². The summed E-state index contributed by atoms with van der Waals surface area (Å²) in [5.41, 5.74) is 0. The third kappa shape index (κ3) is 2.02. The topological polar surface area (TPSA) is 26.3 Å². The molecule has 69 valence electrons. The number of carbonyl (C=O) groups is 1. The van der Waals surface area contributed by atoms with E-state index in [0.717, 1.165) is 12.8 Å². The molecule has 1 fully saturated rings. The molecule has 12 heavy (non-hydrogen) atoms. The number of unbranched alkanes of at least 4 members (excludes halogenated alkanes) is 1. The van der Waals surface area contributed by atoms with E-state index in [2.05, 4.69) is 22.9 Å². The normalized spacial score (nSPS) is 35.2. The van der Waals surface area contributed by atoms with Crippen molar-refractivity contribution in [3.63, 3.8) is 0 Å². The average molecular weight is 234 g/mol. The molecule has 0 spiro atoms. The van der Waals surface area contributed by atoms with E-state index in [4.69, 9.17) is 4.74 Å². The fraction of sp³-hybridized carbons (Fsp3) is 0.889. The first-order valence-corrected chi connectivity index (χ1v) is 5.34. The number of ether oxygens (including phenoxy) is 1. The third-order valence-corrected chi connectivity index (χ3v) is 3.87. The van der Waals surface area contributed by atoms with Crippen molar-refractivity contribution in [2.45, 2.75) is 49.9 Å². The number of hydrogen-bond donors (Lipinski definition) is 0. The molecular weight excluding hydrogens is 219 g/mol. The fourth-order valence-electron chi connectivity index (χ4n) is 1.50. The molecule has 2 atom stereocenters. The zero-order valence-corrected chi connectivity index (χ0v) is 9.34. The molecule has 0 amide bonds. The maximum atomic E-state index is 11.0. The zero-order chi connectivity index (χ0) is 9.19. The number of cyclic esters (lactones) is 1. The van der Waals surface area contributed by atoms with Crippen molar-refractivity contribution in [2.75, 3.05) is 0 Å². The molecular formula is C9H15O2Se. The Bertz CT molecular complexity index is 181. The first kappa shape index (κ1) is 10.1. The Hall–Kier alpha value is -0.0105. The molecule has 1 aliphatic rings. The van der Waals surface area contributed by atoms with Gasteiger partial charge in [0.1, 0.15) is 0 Å². The van der Waals surface area contributed by atoms with Gasteiger partial charge < -0.3 is 0 Å². The van der Waals surface area contributed by atoms with Crippen LogP contribution in [0.3, 0.4) is 0 Å². The van der Waals surface area contributed by atoms with Crippen molar-refractivity contribution in [3.8, 4) is 0 Å². The van der Waals surface area contributed by atoms with Crippen molar-refractivity contribution in [1.29, 1.82) is 0 Å². The molecule has 0 N–H and O–H groups in total. The van der Waals surface area contributed by atoms with Crippen LogP contribution in [0.2, 0.25) is 4.31 Å². The summed E-state index contributed by atoms with van der Waals surface area (Å²) in [7, 11) is 0. The van der Waals surface area contributed by atoms with Crippen LogP contribution in [0.25, 0.3) is 0 Å².